The van der Waals surface area contributed by atoms with Crippen molar-refractivity contribution in [1.82, 2.24) is 10.2 Å². The first-order valence-corrected chi connectivity index (χ1v) is 4.64. The summed E-state index contributed by atoms with van der Waals surface area (Å²) in [5.41, 5.74) is 0.559. The molecule has 2 rings (SSSR count). The molecule has 4 nitrogen and oxygen atoms in total. The first-order chi connectivity index (χ1) is 7.81. The van der Waals surface area contributed by atoms with E-state index in [1.165, 1.54) is 0 Å². The topological polar surface area (TPSA) is 69.5 Å². The minimum atomic E-state index is -0.214. The Bertz CT molecular complexity index is 683. The fraction of sp³-hybridized carbons (Fsp3) is 0.0833. The monoisotopic (exact) mass is 209 g/mol. The Morgan fingerprint density at radius 3 is 3.12 bits per heavy atom. The van der Waals surface area contributed by atoms with Crippen molar-refractivity contribution < 1.29 is 0 Å². The summed E-state index contributed by atoms with van der Waals surface area (Å²) in [4.78, 5) is 11.4. The smallest absolute Gasteiger partial charge is 0.267 e. The number of benzene rings is 1. The summed E-state index contributed by atoms with van der Waals surface area (Å²) in [7, 11) is 0. The minimum Gasteiger partial charge on any atom is -0.267 e. The minimum absolute atomic E-state index is 0.200. The summed E-state index contributed by atoms with van der Waals surface area (Å²) in [6, 6.07) is 7.18. The lowest BCUT2D eigenvalue weighted by molar-refractivity contribution is 1.01. The normalized spacial score (nSPS) is 9.19. The van der Waals surface area contributed by atoms with Crippen LogP contribution in [-0.2, 0) is 0 Å². The molecule has 1 aromatic carbocycles. The van der Waals surface area contributed by atoms with E-state index in [4.69, 9.17) is 5.26 Å². The van der Waals surface area contributed by atoms with Crippen LogP contribution < -0.4 is 5.56 Å². The fourth-order valence-electron chi connectivity index (χ4n) is 1.36. The van der Waals surface area contributed by atoms with Gasteiger partial charge in [0.2, 0.25) is 0 Å². The molecule has 16 heavy (non-hydrogen) atoms. The lowest BCUT2D eigenvalue weighted by Gasteiger charge is -1.95. The third-order valence-electron chi connectivity index (χ3n) is 2.07. The van der Waals surface area contributed by atoms with Gasteiger partial charge in [0.05, 0.1) is 24.1 Å². The molecule has 0 bridgehead atoms. The van der Waals surface area contributed by atoms with E-state index in [2.05, 4.69) is 22.0 Å². The van der Waals surface area contributed by atoms with Gasteiger partial charge in [0.1, 0.15) is 0 Å². The maximum atomic E-state index is 11.4. The van der Waals surface area contributed by atoms with E-state index in [1.807, 2.05) is 6.07 Å². The number of hydrogen-bond donors (Lipinski definition) is 1. The molecule has 0 saturated heterocycles. The number of aromatic amines is 1. The molecule has 0 saturated carbocycles. The Hall–Kier alpha value is -2.59. The Morgan fingerprint density at radius 2 is 2.31 bits per heavy atom. The second kappa shape index (κ2) is 4.29. The highest BCUT2D eigenvalue weighted by Crippen LogP contribution is 2.09. The summed E-state index contributed by atoms with van der Waals surface area (Å²) >= 11 is 0. The van der Waals surface area contributed by atoms with Crippen molar-refractivity contribution in [3.63, 3.8) is 0 Å². The Balaban J connectivity index is 2.51. The van der Waals surface area contributed by atoms with Gasteiger partial charge >= 0.3 is 0 Å². The zero-order valence-corrected chi connectivity index (χ0v) is 8.32. The molecule has 76 valence electrons. The molecule has 0 aliphatic carbocycles. The number of aromatic nitrogens is 2. The van der Waals surface area contributed by atoms with Gasteiger partial charge in [0.25, 0.3) is 5.56 Å². The number of fused-ring (bicyclic) bond motifs is 1. The largest absolute Gasteiger partial charge is 0.272 e. The molecule has 0 fully saturated rings. The third-order valence-corrected chi connectivity index (χ3v) is 2.07. The van der Waals surface area contributed by atoms with Crippen LogP contribution in [0, 0.1) is 23.2 Å². The van der Waals surface area contributed by atoms with Gasteiger partial charge in [-0.05, 0) is 18.2 Å². The molecule has 1 heterocycles. The first kappa shape index (κ1) is 9.95. The number of nitriles is 1. The van der Waals surface area contributed by atoms with Crippen molar-refractivity contribution in [1.29, 1.82) is 5.26 Å². The summed E-state index contributed by atoms with van der Waals surface area (Å²) in [5.74, 6) is 5.56. The average Bonchev–Trinajstić information content (AvgIpc) is 2.30. The molecule has 0 atom stereocenters. The lowest BCUT2D eigenvalue weighted by atomic mass is 10.1. The zero-order chi connectivity index (χ0) is 11.4. The fourth-order valence-corrected chi connectivity index (χ4v) is 1.36. The molecule has 0 aliphatic rings. The molecular formula is C12H7N3O. The van der Waals surface area contributed by atoms with Crippen LogP contribution in [0.15, 0.2) is 29.2 Å². The van der Waals surface area contributed by atoms with Crippen LogP contribution in [0.4, 0.5) is 0 Å². The SMILES string of the molecule is N#CCC#Cc1ccc2c(=O)[nH]ncc2c1. The number of H-pyrrole nitrogens is 1. The van der Waals surface area contributed by atoms with Gasteiger partial charge in [0.15, 0.2) is 0 Å². The zero-order valence-electron chi connectivity index (χ0n) is 8.32. The van der Waals surface area contributed by atoms with Crippen molar-refractivity contribution in [2.24, 2.45) is 0 Å². The summed E-state index contributed by atoms with van der Waals surface area (Å²) in [6.07, 6.45) is 1.78. The molecule has 0 aliphatic heterocycles. The molecule has 4 heteroatoms. The highest BCUT2D eigenvalue weighted by atomic mass is 16.1. The van der Waals surface area contributed by atoms with Crippen LogP contribution in [0.5, 0.6) is 0 Å². The van der Waals surface area contributed by atoms with E-state index < -0.39 is 0 Å². The van der Waals surface area contributed by atoms with Crippen molar-refractivity contribution >= 4 is 10.8 Å². The molecule has 2 aromatic rings. The van der Waals surface area contributed by atoms with Crippen LogP contribution in [-0.4, -0.2) is 10.2 Å². The number of rotatable bonds is 0. The van der Waals surface area contributed by atoms with Gasteiger partial charge in [-0.1, -0.05) is 11.8 Å². The summed E-state index contributed by atoms with van der Waals surface area (Å²) < 4.78 is 0. The van der Waals surface area contributed by atoms with Gasteiger partial charge in [-0.2, -0.15) is 10.4 Å². The van der Waals surface area contributed by atoms with Crippen molar-refractivity contribution in [2.75, 3.05) is 0 Å². The quantitative estimate of drug-likeness (QED) is 0.662. The second-order valence-corrected chi connectivity index (χ2v) is 3.14. The molecule has 1 aromatic heterocycles. The Labute approximate surface area is 91.5 Å². The van der Waals surface area contributed by atoms with E-state index in [0.29, 0.717) is 5.39 Å². The molecule has 0 unspecified atom stereocenters. The van der Waals surface area contributed by atoms with Gasteiger partial charge < -0.3 is 0 Å². The van der Waals surface area contributed by atoms with Gasteiger partial charge in [-0.3, -0.25) is 4.79 Å². The van der Waals surface area contributed by atoms with Crippen molar-refractivity contribution in [2.45, 2.75) is 6.42 Å². The maximum absolute atomic E-state index is 11.4. The van der Waals surface area contributed by atoms with Crippen LogP contribution in [0.1, 0.15) is 12.0 Å². The van der Waals surface area contributed by atoms with E-state index >= 15 is 0 Å². The van der Waals surface area contributed by atoms with E-state index in [-0.39, 0.29) is 12.0 Å². The van der Waals surface area contributed by atoms with Crippen LogP contribution in [0.2, 0.25) is 0 Å². The highest BCUT2D eigenvalue weighted by molar-refractivity contribution is 5.81. The van der Waals surface area contributed by atoms with E-state index in [0.717, 1.165) is 10.9 Å². The maximum Gasteiger partial charge on any atom is 0.272 e. The predicted octanol–water partition coefficient (Wildman–Crippen LogP) is 1.19. The molecule has 0 amide bonds. The van der Waals surface area contributed by atoms with Crippen molar-refractivity contribution in [3.05, 3.63) is 40.3 Å². The van der Waals surface area contributed by atoms with Gasteiger partial charge in [-0.15, -0.1) is 0 Å². The number of nitrogens with one attached hydrogen (secondary N) is 1. The van der Waals surface area contributed by atoms with E-state index in [9.17, 15) is 4.79 Å². The number of nitrogens with zero attached hydrogens (tertiary/aromatic N) is 2. The molecule has 0 radical (unpaired) electrons. The van der Waals surface area contributed by atoms with Crippen LogP contribution in [0.3, 0.4) is 0 Å². The third kappa shape index (κ3) is 1.92. The summed E-state index contributed by atoms with van der Waals surface area (Å²) in [6.45, 7) is 0. The molecule has 0 spiro atoms. The summed E-state index contributed by atoms with van der Waals surface area (Å²) in [5, 5.41) is 15.7. The standard InChI is InChI=1S/C12H7N3O/c13-6-2-1-3-9-4-5-11-10(7-9)8-14-15-12(11)16/h4-5,7-8H,2H2,(H,15,16). The average molecular weight is 209 g/mol. The second-order valence-electron chi connectivity index (χ2n) is 3.14. The van der Waals surface area contributed by atoms with Crippen LogP contribution >= 0.6 is 0 Å². The number of hydrogen-bond acceptors (Lipinski definition) is 3. The molecular weight excluding hydrogens is 202 g/mol. The van der Waals surface area contributed by atoms with Gasteiger partial charge in [-0.25, -0.2) is 5.10 Å². The first-order valence-electron chi connectivity index (χ1n) is 4.64. The Morgan fingerprint density at radius 1 is 1.44 bits per heavy atom. The predicted molar refractivity (Wildman–Crippen MR) is 59.5 cm³/mol. The highest BCUT2D eigenvalue weighted by Gasteiger charge is 1.98. The Kier molecular flexibility index (Phi) is 2.67. The lowest BCUT2D eigenvalue weighted by Crippen LogP contribution is -2.07. The van der Waals surface area contributed by atoms with Crippen LogP contribution in [0.25, 0.3) is 10.8 Å². The van der Waals surface area contributed by atoms with Gasteiger partial charge in [0, 0.05) is 10.9 Å². The van der Waals surface area contributed by atoms with E-state index in [1.54, 1.807) is 24.4 Å². The molecule has 1 N–H and O–H groups in total. The van der Waals surface area contributed by atoms with Crippen molar-refractivity contribution in [3.8, 4) is 17.9 Å².